The average molecular weight is 484 g/mol. The summed E-state index contributed by atoms with van der Waals surface area (Å²) in [7, 11) is 0. The monoisotopic (exact) mass is 483 g/mol. The van der Waals surface area contributed by atoms with Gasteiger partial charge in [0.15, 0.2) is 16.7 Å². The number of nitrogens with zero attached hydrogens (tertiary/aromatic N) is 2. The predicted molar refractivity (Wildman–Crippen MR) is 140 cm³/mol. The Balaban J connectivity index is 1.52. The van der Waals surface area contributed by atoms with E-state index in [1.807, 2.05) is 68.4 Å². The molecule has 1 N–H and O–H groups in total. The maximum Gasteiger partial charge on any atom is 0.264 e. The van der Waals surface area contributed by atoms with Crippen molar-refractivity contribution < 1.29 is 14.3 Å². The Morgan fingerprint density at radius 3 is 2.63 bits per heavy atom. The number of benzene rings is 3. The molecule has 1 fully saturated rings. The maximum atomic E-state index is 12.5. The molecule has 0 spiro atoms. The number of carbonyl (C=O) groups excluding carboxylic acids is 1. The quantitative estimate of drug-likeness (QED) is 0.414. The molecule has 176 valence electrons. The van der Waals surface area contributed by atoms with Crippen molar-refractivity contribution >= 4 is 34.6 Å². The van der Waals surface area contributed by atoms with E-state index < -0.39 is 0 Å². The van der Waals surface area contributed by atoms with E-state index in [1.165, 1.54) is 17.3 Å². The first-order valence-corrected chi connectivity index (χ1v) is 12.0. The maximum absolute atomic E-state index is 12.5. The van der Waals surface area contributed by atoms with Crippen LogP contribution in [0.5, 0.6) is 11.5 Å². The van der Waals surface area contributed by atoms with E-state index in [4.69, 9.17) is 9.47 Å². The van der Waals surface area contributed by atoms with Gasteiger partial charge in [0.05, 0.1) is 28.8 Å². The van der Waals surface area contributed by atoms with Gasteiger partial charge in [0.1, 0.15) is 6.61 Å². The summed E-state index contributed by atoms with van der Waals surface area (Å²) >= 11 is 1.30. The summed E-state index contributed by atoms with van der Waals surface area (Å²) < 4.78 is 11.7. The fourth-order valence-corrected chi connectivity index (χ4v) is 4.30. The second-order valence-electron chi connectivity index (χ2n) is 7.95. The van der Waals surface area contributed by atoms with Crippen LogP contribution >= 0.6 is 11.8 Å². The first-order valence-electron chi connectivity index (χ1n) is 11.2. The minimum absolute atomic E-state index is 0.191. The van der Waals surface area contributed by atoms with Crippen LogP contribution < -0.4 is 14.8 Å². The molecule has 0 aliphatic carbocycles. The number of hydrogen-bond acceptors (Lipinski definition) is 6. The number of thioether (sulfide) groups is 1. The highest BCUT2D eigenvalue weighted by Crippen LogP contribution is 2.33. The molecule has 7 heteroatoms. The lowest BCUT2D eigenvalue weighted by Gasteiger charge is -2.13. The summed E-state index contributed by atoms with van der Waals surface area (Å²) in [6, 6.07) is 21.0. The molecule has 3 aromatic rings. The van der Waals surface area contributed by atoms with Gasteiger partial charge in [-0.2, -0.15) is 5.26 Å². The van der Waals surface area contributed by atoms with Crippen molar-refractivity contribution in [2.75, 3.05) is 6.61 Å². The number of carbonyl (C=O) groups is 1. The highest BCUT2D eigenvalue weighted by Gasteiger charge is 2.24. The molecule has 0 bridgehead atoms. The van der Waals surface area contributed by atoms with Gasteiger partial charge in [-0.3, -0.25) is 4.79 Å². The van der Waals surface area contributed by atoms with Gasteiger partial charge < -0.3 is 14.8 Å². The van der Waals surface area contributed by atoms with Gasteiger partial charge in [0, 0.05) is 5.56 Å². The Hall–Kier alpha value is -4.02. The normalized spacial score (nSPS) is 15.2. The topological polar surface area (TPSA) is 83.7 Å². The first kappa shape index (κ1) is 24.1. The lowest BCUT2D eigenvalue weighted by atomic mass is 10.1. The van der Waals surface area contributed by atoms with Crippen LogP contribution in [0.25, 0.3) is 6.08 Å². The Kier molecular flexibility index (Phi) is 7.54. The van der Waals surface area contributed by atoms with Crippen molar-refractivity contribution in [3.63, 3.8) is 0 Å². The molecule has 35 heavy (non-hydrogen) atoms. The van der Waals surface area contributed by atoms with Crippen molar-refractivity contribution in [2.24, 2.45) is 4.99 Å². The summed E-state index contributed by atoms with van der Waals surface area (Å²) in [5.74, 6) is 0.954. The fraction of sp³-hybridized carbons (Fsp3) is 0.179. The van der Waals surface area contributed by atoms with E-state index in [1.54, 1.807) is 12.1 Å². The zero-order valence-electron chi connectivity index (χ0n) is 19.8. The highest BCUT2D eigenvalue weighted by atomic mass is 32.2. The van der Waals surface area contributed by atoms with Crippen molar-refractivity contribution in [3.8, 4) is 17.6 Å². The first-order chi connectivity index (χ1) is 17.0. The van der Waals surface area contributed by atoms with Gasteiger partial charge in [-0.1, -0.05) is 30.3 Å². The number of aryl methyl sites for hydroxylation is 2. The van der Waals surface area contributed by atoms with Crippen molar-refractivity contribution in [1.29, 1.82) is 5.26 Å². The van der Waals surface area contributed by atoms with E-state index in [2.05, 4.69) is 23.3 Å². The van der Waals surface area contributed by atoms with E-state index in [9.17, 15) is 10.1 Å². The molecule has 0 atom stereocenters. The van der Waals surface area contributed by atoms with Gasteiger partial charge in [0.2, 0.25) is 0 Å². The van der Waals surface area contributed by atoms with Crippen molar-refractivity contribution in [1.82, 2.24) is 5.32 Å². The predicted octanol–water partition coefficient (Wildman–Crippen LogP) is 6.04. The van der Waals surface area contributed by atoms with Crippen LogP contribution in [0.4, 0.5) is 5.69 Å². The number of hydrogen-bond donors (Lipinski definition) is 1. The number of nitrogens with one attached hydrogen (secondary N) is 1. The lowest BCUT2D eigenvalue weighted by Crippen LogP contribution is -2.19. The summed E-state index contributed by atoms with van der Waals surface area (Å²) in [4.78, 5) is 17.7. The Morgan fingerprint density at radius 1 is 1.03 bits per heavy atom. The van der Waals surface area contributed by atoms with Crippen LogP contribution in [0.1, 0.15) is 34.7 Å². The minimum atomic E-state index is -0.191. The summed E-state index contributed by atoms with van der Waals surface area (Å²) in [6.07, 6.45) is 1.81. The molecule has 0 saturated carbocycles. The molecule has 1 aliphatic rings. The second kappa shape index (κ2) is 10.9. The molecule has 1 amide bonds. The molecule has 0 aromatic heterocycles. The number of ether oxygens (including phenoxy) is 2. The van der Waals surface area contributed by atoms with E-state index in [0.29, 0.717) is 33.7 Å². The van der Waals surface area contributed by atoms with E-state index >= 15 is 0 Å². The third kappa shape index (κ3) is 5.92. The second-order valence-corrected chi connectivity index (χ2v) is 8.98. The molecule has 4 rings (SSSR count). The van der Waals surface area contributed by atoms with Gasteiger partial charge in [0.25, 0.3) is 5.91 Å². The molecule has 3 aromatic carbocycles. The van der Waals surface area contributed by atoms with E-state index in [-0.39, 0.29) is 12.5 Å². The zero-order chi connectivity index (χ0) is 24.8. The molecular formula is C28H25N3O3S. The van der Waals surface area contributed by atoms with Crippen LogP contribution in [0.15, 0.2) is 70.6 Å². The Bertz CT molecular complexity index is 1370. The van der Waals surface area contributed by atoms with Crippen molar-refractivity contribution in [2.45, 2.75) is 27.4 Å². The van der Waals surface area contributed by atoms with Gasteiger partial charge in [-0.15, -0.1) is 0 Å². The molecule has 0 radical (unpaired) electrons. The SMILES string of the molecule is CCOc1cc(C=C2SC(=Nc3ccc(C)c(C)c3)NC2=O)ccc1OCc1ccccc1C#N. The van der Waals surface area contributed by atoms with Crippen LogP contribution in [-0.2, 0) is 11.4 Å². The Morgan fingerprint density at radius 2 is 1.86 bits per heavy atom. The molecule has 1 saturated heterocycles. The van der Waals surface area contributed by atoms with E-state index in [0.717, 1.165) is 22.4 Å². The largest absolute Gasteiger partial charge is 0.490 e. The van der Waals surface area contributed by atoms with Crippen LogP contribution in [0, 0.1) is 25.2 Å². The molecular weight excluding hydrogens is 458 g/mol. The lowest BCUT2D eigenvalue weighted by molar-refractivity contribution is -0.115. The Labute approximate surface area is 209 Å². The summed E-state index contributed by atoms with van der Waals surface area (Å²) in [5, 5.41) is 12.7. The van der Waals surface area contributed by atoms with Crippen LogP contribution in [0.2, 0.25) is 0 Å². The fourth-order valence-electron chi connectivity index (χ4n) is 3.46. The van der Waals surface area contributed by atoms with Crippen LogP contribution in [0.3, 0.4) is 0 Å². The molecule has 1 aliphatic heterocycles. The molecule has 1 heterocycles. The van der Waals surface area contributed by atoms with Gasteiger partial charge in [-0.25, -0.2) is 4.99 Å². The minimum Gasteiger partial charge on any atom is -0.490 e. The number of amidine groups is 1. The zero-order valence-corrected chi connectivity index (χ0v) is 20.6. The summed E-state index contributed by atoms with van der Waals surface area (Å²) in [6.45, 7) is 6.71. The number of rotatable bonds is 7. The smallest absolute Gasteiger partial charge is 0.264 e. The highest BCUT2D eigenvalue weighted by molar-refractivity contribution is 8.18. The third-order valence-corrected chi connectivity index (χ3v) is 6.37. The number of amides is 1. The van der Waals surface area contributed by atoms with Crippen molar-refractivity contribution in [3.05, 3.63) is 93.4 Å². The standard InChI is InChI=1S/C28H25N3O3S/c1-4-33-25-14-20(10-12-24(25)34-17-22-8-6-5-7-21(22)16-29)15-26-27(32)31-28(35-26)30-23-11-9-18(2)19(3)13-23/h5-15H,4,17H2,1-3H3,(H,30,31,32). The average Bonchev–Trinajstić information content (AvgIpc) is 3.19. The molecule has 6 nitrogen and oxygen atoms in total. The third-order valence-electron chi connectivity index (χ3n) is 5.46. The molecule has 0 unspecified atom stereocenters. The number of nitriles is 1. The van der Waals surface area contributed by atoms with Gasteiger partial charge in [-0.05, 0) is 85.6 Å². The van der Waals surface area contributed by atoms with Crippen LogP contribution in [-0.4, -0.2) is 17.7 Å². The summed E-state index contributed by atoms with van der Waals surface area (Å²) in [5.41, 5.74) is 5.34. The number of aliphatic imine (C=N–C) groups is 1. The van der Waals surface area contributed by atoms with Gasteiger partial charge >= 0.3 is 0 Å².